The van der Waals surface area contributed by atoms with Gasteiger partial charge in [-0.2, -0.15) is 0 Å². The smallest absolute Gasteiger partial charge is 0.125 e. The molecular weight excluding hydrogens is 178 g/mol. The van der Waals surface area contributed by atoms with Gasteiger partial charge in [0.2, 0.25) is 0 Å². The lowest BCUT2D eigenvalue weighted by Gasteiger charge is -2.14. The second-order valence-corrected chi connectivity index (χ2v) is 3.34. The first-order valence-corrected chi connectivity index (χ1v) is 4.58. The van der Waals surface area contributed by atoms with Crippen LogP contribution in [-0.4, -0.2) is 14.2 Å². The maximum atomic E-state index is 5.80. The summed E-state index contributed by atoms with van der Waals surface area (Å²) < 4.78 is 10.5. The predicted octanol–water partition coefficient (Wildman–Crippen LogP) is 2.03. The van der Waals surface area contributed by atoms with Gasteiger partial charge < -0.3 is 15.2 Å². The van der Waals surface area contributed by atoms with Crippen molar-refractivity contribution < 1.29 is 9.47 Å². The van der Waals surface area contributed by atoms with Crippen LogP contribution in [0.25, 0.3) is 0 Å². The molecular formula is C11H17NO2. The van der Waals surface area contributed by atoms with Crippen LogP contribution in [0.1, 0.15) is 24.1 Å². The average Bonchev–Trinajstić information content (AvgIpc) is 2.17. The van der Waals surface area contributed by atoms with Crippen LogP contribution in [0.15, 0.2) is 12.1 Å². The summed E-state index contributed by atoms with van der Waals surface area (Å²) in [6.07, 6.45) is 0. The number of rotatable bonds is 3. The van der Waals surface area contributed by atoms with Gasteiger partial charge in [-0.3, -0.25) is 0 Å². The van der Waals surface area contributed by atoms with E-state index in [9.17, 15) is 0 Å². The van der Waals surface area contributed by atoms with E-state index in [1.54, 1.807) is 14.2 Å². The fraction of sp³-hybridized carbons (Fsp3) is 0.455. The summed E-state index contributed by atoms with van der Waals surface area (Å²) in [6, 6.07) is 3.88. The van der Waals surface area contributed by atoms with E-state index in [1.807, 2.05) is 26.0 Å². The quantitative estimate of drug-likeness (QED) is 0.802. The second-order valence-electron chi connectivity index (χ2n) is 3.34. The van der Waals surface area contributed by atoms with Crippen molar-refractivity contribution in [3.8, 4) is 11.5 Å². The van der Waals surface area contributed by atoms with Gasteiger partial charge in [-0.25, -0.2) is 0 Å². The molecule has 3 heteroatoms. The Morgan fingerprint density at radius 1 is 1.14 bits per heavy atom. The highest BCUT2D eigenvalue weighted by atomic mass is 16.5. The zero-order valence-electron chi connectivity index (χ0n) is 9.13. The number of hydrogen-bond donors (Lipinski definition) is 1. The van der Waals surface area contributed by atoms with Crippen LogP contribution in [-0.2, 0) is 0 Å². The topological polar surface area (TPSA) is 44.5 Å². The number of benzene rings is 1. The highest BCUT2D eigenvalue weighted by Gasteiger charge is 2.10. The maximum Gasteiger partial charge on any atom is 0.125 e. The summed E-state index contributed by atoms with van der Waals surface area (Å²) in [6.45, 7) is 3.90. The van der Waals surface area contributed by atoms with Gasteiger partial charge in [-0.15, -0.1) is 0 Å². The third-order valence-corrected chi connectivity index (χ3v) is 2.30. The Bertz CT molecular complexity index is 296. The van der Waals surface area contributed by atoms with Crippen LogP contribution in [0.4, 0.5) is 0 Å². The molecule has 0 aliphatic heterocycles. The monoisotopic (exact) mass is 195 g/mol. The molecule has 2 N–H and O–H groups in total. The van der Waals surface area contributed by atoms with Crippen molar-refractivity contribution in [1.29, 1.82) is 0 Å². The number of nitrogens with two attached hydrogens (primary N) is 1. The van der Waals surface area contributed by atoms with E-state index in [2.05, 4.69) is 0 Å². The van der Waals surface area contributed by atoms with Crippen molar-refractivity contribution in [2.75, 3.05) is 14.2 Å². The lowest BCUT2D eigenvalue weighted by atomic mass is 10.1. The number of ether oxygens (including phenoxy) is 2. The van der Waals surface area contributed by atoms with Crippen LogP contribution < -0.4 is 15.2 Å². The molecule has 0 spiro atoms. The minimum Gasteiger partial charge on any atom is -0.496 e. The minimum atomic E-state index is -0.0154. The summed E-state index contributed by atoms with van der Waals surface area (Å²) in [5, 5.41) is 0. The zero-order chi connectivity index (χ0) is 10.7. The van der Waals surface area contributed by atoms with Crippen LogP contribution in [0.2, 0.25) is 0 Å². The Hall–Kier alpha value is -1.22. The molecule has 0 saturated carbocycles. The predicted molar refractivity (Wildman–Crippen MR) is 56.9 cm³/mol. The third kappa shape index (κ3) is 1.99. The van der Waals surface area contributed by atoms with Gasteiger partial charge in [0.1, 0.15) is 11.5 Å². The molecule has 0 bridgehead atoms. The molecule has 0 aliphatic carbocycles. The van der Waals surface area contributed by atoms with Crippen LogP contribution >= 0.6 is 0 Å². The van der Waals surface area contributed by atoms with Gasteiger partial charge in [0.05, 0.1) is 14.2 Å². The molecule has 78 valence electrons. The standard InChI is InChI=1S/C11H17NO2/c1-7-10(13-3)5-9(8(2)12)6-11(7)14-4/h5-6,8H,12H2,1-4H3/t8-/m1/s1. The van der Waals surface area contributed by atoms with Gasteiger partial charge in [0, 0.05) is 11.6 Å². The highest BCUT2D eigenvalue weighted by Crippen LogP contribution is 2.31. The number of methoxy groups -OCH3 is 2. The van der Waals surface area contributed by atoms with Gasteiger partial charge >= 0.3 is 0 Å². The first-order valence-electron chi connectivity index (χ1n) is 4.58. The lowest BCUT2D eigenvalue weighted by Crippen LogP contribution is -2.06. The molecule has 0 unspecified atom stereocenters. The van der Waals surface area contributed by atoms with Gasteiger partial charge in [0.25, 0.3) is 0 Å². The van der Waals surface area contributed by atoms with Crippen molar-refractivity contribution in [2.24, 2.45) is 5.73 Å². The summed E-state index contributed by atoms with van der Waals surface area (Å²) >= 11 is 0. The molecule has 1 aromatic carbocycles. The average molecular weight is 195 g/mol. The summed E-state index contributed by atoms with van der Waals surface area (Å²) in [4.78, 5) is 0. The molecule has 0 fully saturated rings. The molecule has 3 nitrogen and oxygen atoms in total. The Balaban J connectivity index is 3.25. The molecule has 0 aromatic heterocycles. The van der Waals surface area contributed by atoms with Gasteiger partial charge in [0.15, 0.2) is 0 Å². The van der Waals surface area contributed by atoms with E-state index in [0.717, 1.165) is 22.6 Å². The van der Waals surface area contributed by atoms with E-state index in [-0.39, 0.29) is 6.04 Å². The summed E-state index contributed by atoms with van der Waals surface area (Å²) in [7, 11) is 3.29. The molecule has 1 rings (SSSR count). The SMILES string of the molecule is COc1cc([C@@H](C)N)cc(OC)c1C. The molecule has 0 aliphatic rings. The minimum absolute atomic E-state index is 0.0154. The first kappa shape index (κ1) is 10.9. The van der Waals surface area contributed by atoms with Crippen LogP contribution in [0.5, 0.6) is 11.5 Å². The van der Waals surface area contributed by atoms with Crippen LogP contribution in [0.3, 0.4) is 0 Å². The maximum absolute atomic E-state index is 5.80. The van der Waals surface area contributed by atoms with Crippen molar-refractivity contribution >= 4 is 0 Å². The van der Waals surface area contributed by atoms with Crippen molar-refractivity contribution in [3.05, 3.63) is 23.3 Å². The summed E-state index contributed by atoms with van der Waals surface area (Å²) in [5.74, 6) is 1.63. The fourth-order valence-corrected chi connectivity index (χ4v) is 1.37. The zero-order valence-corrected chi connectivity index (χ0v) is 9.13. The summed E-state index contributed by atoms with van der Waals surface area (Å²) in [5.41, 5.74) is 7.82. The molecule has 0 radical (unpaired) electrons. The van der Waals surface area contributed by atoms with E-state index in [0.29, 0.717) is 0 Å². The van der Waals surface area contributed by atoms with Crippen molar-refractivity contribution in [2.45, 2.75) is 19.9 Å². The normalized spacial score (nSPS) is 12.4. The molecule has 0 heterocycles. The number of hydrogen-bond acceptors (Lipinski definition) is 3. The Labute approximate surface area is 84.8 Å². The van der Waals surface area contributed by atoms with Gasteiger partial charge in [-0.1, -0.05) is 0 Å². The molecule has 0 amide bonds. The van der Waals surface area contributed by atoms with E-state index < -0.39 is 0 Å². The van der Waals surface area contributed by atoms with E-state index in [1.165, 1.54) is 0 Å². The molecule has 1 aromatic rings. The Kier molecular flexibility index (Phi) is 3.36. The Morgan fingerprint density at radius 2 is 1.57 bits per heavy atom. The molecule has 1 atom stereocenters. The molecule has 0 saturated heterocycles. The van der Waals surface area contributed by atoms with Crippen LogP contribution in [0, 0.1) is 6.92 Å². The van der Waals surface area contributed by atoms with Gasteiger partial charge in [-0.05, 0) is 31.5 Å². The largest absolute Gasteiger partial charge is 0.496 e. The van der Waals surface area contributed by atoms with Crippen molar-refractivity contribution in [1.82, 2.24) is 0 Å². The van der Waals surface area contributed by atoms with E-state index >= 15 is 0 Å². The first-order chi connectivity index (χ1) is 6.60. The van der Waals surface area contributed by atoms with Crippen molar-refractivity contribution in [3.63, 3.8) is 0 Å². The second kappa shape index (κ2) is 4.33. The Morgan fingerprint density at radius 3 is 1.86 bits per heavy atom. The lowest BCUT2D eigenvalue weighted by molar-refractivity contribution is 0.387. The third-order valence-electron chi connectivity index (χ3n) is 2.30. The van der Waals surface area contributed by atoms with E-state index in [4.69, 9.17) is 15.2 Å². The fourth-order valence-electron chi connectivity index (χ4n) is 1.37. The highest BCUT2D eigenvalue weighted by molar-refractivity contribution is 5.47. The molecule has 14 heavy (non-hydrogen) atoms.